The molecule has 3 saturated carbocycles. The van der Waals surface area contributed by atoms with Crippen molar-refractivity contribution >= 4 is 5.97 Å². The van der Waals surface area contributed by atoms with Gasteiger partial charge in [-0.3, -0.25) is 4.79 Å². The first-order valence-corrected chi connectivity index (χ1v) is 20.2. The predicted molar refractivity (Wildman–Crippen MR) is 193 cm³/mol. The number of hydrogen-bond donors (Lipinski definition) is 0. The Balaban J connectivity index is 1.16. The van der Waals surface area contributed by atoms with Gasteiger partial charge in [0.15, 0.2) is 0 Å². The standard InChI is InChI=1S/C43H74O2/c1-7-8-9-10-11-12-13-14-15-16-17-18-19-23-41(44)45-36-28-30-42(5)35(32-36)24-25-37-39-27-26-38(34(4)22-20-21-33(2)3)43(39,6)31-29-40(37)42/h12-13,24,33-34,36-40H,7-11,14-23,25-32H2,1-6H3/b13-12+/t34-,36-,37+,38-,39+,40+,42-,43+/m0/s1. The summed E-state index contributed by atoms with van der Waals surface area (Å²) in [5.41, 5.74) is 2.53. The highest BCUT2D eigenvalue weighted by atomic mass is 16.5. The molecule has 0 N–H and O–H groups in total. The molecule has 258 valence electrons. The van der Waals surface area contributed by atoms with Crippen molar-refractivity contribution in [3.05, 3.63) is 23.8 Å². The van der Waals surface area contributed by atoms with Gasteiger partial charge in [0.25, 0.3) is 0 Å². The van der Waals surface area contributed by atoms with Crippen LogP contribution < -0.4 is 0 Å². The Kier molecular flexibility index (Phi) is 14.6. The Morgan fingerprint density at radius 1 is 0.844 bits per heavy atom. The molecule has 0 aliphatic heterocycles. The van der Waals surface area contributed by atoms with Crippen LogP contribution in [-0.4, -0.2) is 12.1 Å². The molecule has 2 heteroatoms. The third kappa shape index (κ3) is 9.75. The lowest BCUT2D eigenvalue weighted by Gasteiger charge is -2.58. The summed E-state index contributed by atoms with van der Waals surface area (Å²) in [5.74, 6) is 5.32. The van der Waals surface area contributed by atoms with E-state index in [4.69, 9.17) is 4.74 Å². The Labute approximate surface area is 280 Å². The number of rotatable bonds is 19. The Hall–Kier alpha value is -1.05. The SMILES string of the molecule is CCCCCC/C=C/CCCCCCCC(=O)O[C@H]1CC[C@@]2(C)C(=CC[C@@H]3[C@H]4CC[C@@H]([C@@H](C)CCCC(C)C)[C@@]4(C)CC[C@H]32)C1. The molecule has 4 aliphatic rings. The molecule has 2 nitrogen and oxygen atoms in total. The first-order chi connectivity index (χ1) is 21.7. The highest BCUT2D eigenvalue weighted by Gasteiger charge is 2.59. The number of esters is 1. The van der Waals surface area contributed by atoms with Gasteiger partial charge in [-0.25, -0.2) is 0 Å². The molecule has 8 atom stereocenters. The largest absolute Gasteiger partial charge is 0.462 e. The highest BCUT2D eigenvalue weighted by molar-refractivity contribution is 5.69. The maximum absolute atomic E-state index is 12.8. The van der Waals surface area contributed by atoms with Gasteiger partial charge in [-0.05, 0) is 123 Å². The number of carbonyl (C=O) groups excluding carboxylic acids is 1. The summed E-state index contributed by atoms with van der Waals surface area (Å²) in [6.45, 7) is 14.9. The maximum atomic E-state index is 12.8. The zero-order valence-electron chi connectivity index (χ0n) is 30.9. The van der Waals surface area contributed by atoms with Crippen molar-refractivity contribution in [1.29, 1.82) is 0 Å². The van der Waals surface area contributed by atoms with Crippen LogP contribution in [0.15, 0.2) is 23.8 Å². The molecule has 0 heterocycles. The third-order valence-electron chi connectivity index (χ3n) is 13.7. The minimum atomic E-state index is 0.0526. The average molecular weight is 623 g/mol. The van der Waals surface area contributed by atoms with E-state index in [0.717, 1.165) is 61.2 Å². The molecule has 0 aromatic rings. The normalized spacial score (nSPS) is 33.5. The van der Waals surface area contributed by atoms with Gasteiger partial charge in [-0.15, -0.1) is 0 Å². The van der Waals surface area contributed by atoms with Gasteiger partial charge in [0, 0.05) is 12.8 Å². The summed E-state index contributed by atoms with van der Waals surface area (Å²) < 4.78 is 6.11. The van der Waals surface area contributed by atoms with E-state index in [0.29, 0.717) is 17.3 Å². The smallest absolute Gasteiger partial charge is 0.306 e. The topological polar surface area (TPSA) is 26.3 Å². The summed E-state index contributed by atoms with van der Waals surface area (Å²) >= 11 is 0. The molecular formula is C43H74O2. The molecule has 0 aromatic carbocycles. The van der Waals surface area contributed by atoms with Crippen molar-refractivity contribution in [2.45, 2.75) is 195 Å². The number of fused-ring (bicyclic) bond motifs is 5. The highest BCUT2D eigenvalue weighted by Crippen LogP contribution is 2.67. The summed E-state index contributed by atoms with van der Waals surface area (Å²) in [6, 6.07) is 0. The molecule has 4 aliphatic carbocycles. The molecule has 0 radical (unpaired) electrons. The van der Waals surface area contributed by atoms with Crippen LogP contribution in [0.1, 0.15) is 189 Å². The van der Waals surface area contributed by atoms with Crippen molar-refractivity contribution in [3.63, 3.8) is 0 Å². The van der Waals surface area contributed by atoms with E-state index in [1.54, 1.807) is 5.57 Å². The van der Waals surface area contributed by atoms with E-state index < -0.39 is 0 Å². The zero-order valence-corrected chi connectivity index (χ0v) is 30.9. The van der Waals surface area contributed by atoms with Gasteiger partial charge in [-0.1, -0.05) is 123 Å². The Morgan fingerprint density at radius 2 is 1.56 bits per heavy atom. The third-order valence-corrected chi connectivity index (χ3v) is 13.7. The monoisotopic (exact) mass is 623 g/mol. The van der Waals surface area contributed by atoms with E-state index in [1.165, 1.54) is 116 Å². The second-order valence-electron chi connectivity index (χ2n) is 17.3. The quantitative estimate of drug-likeness (QED) is 0.0814. The van der Waals surface area contributed by atoms with Crippen LogP contribution in [0.25, 0.3) is 0 Å². The molecule has 0 bridgehead atoms. The lowest BCUT2D eigenvalue weighted by molar-refractivity contribution is -0.151. The fraction of sp³-hybridized carbons (Fsp3) is 0.884. The van der Waals surface area contributed by atoms with Crippen molar-refractivity contribution in [2.75, 3.05) is 0 Å². The van der Waals surface area contributed by atoms with Crippen molar-refractivity contribution in [3.8, 4) is 0 Å². The van der Waals surface area contributed by atoms with E-state index in [-0.39, 0.29) is 12.1 Å². The minimum Gasteiger partial charge on any atom is -0.462 e. The molecule has 3 fully saturated rings. The molecule has 0 amide bonds. The van der Waals surface area contributed by atoms with Crippen LogP contribution in [0.4, 0.5) is 0 Å². The fourth-order valence-electron chi connectivity index (χ4n) is 11.0. The van der Waals surface area contributed by atoms with Gasteiger partial charge in [0.05, 0.1) is 0 Å². The van der Waals surface area contributed by atoms with Gasteiger partial charge in [-0.2, -0.15) is 0 Å². The second kappa shape index (κ2) is 17.9. The molecular weight excluding hydrogens is 548 g/mol. The fourth-order valence-corrected chi connectivity index (χ4v) is 11.0. The van der Waals surface area contributed by atoms with Gasteiger partial charge < -0.3 is 4.74 Å². The van der Waals surface area contributed by atoms with Crippen LogP contribution in [-0.2, 0) is 9.53 Å². The van der Waals surface area contributed by atoms with Crippen LogP contribution >= 0.6 is 0 Å². The lowest BCUT2D eigenvalue weighted by atomic mass is 9.47. The van der Waals surface area contributed by atoms with Gasteiger partial charge in [0.2, 0.25) is 0 Å². The molecule has 0 aromatic heterocycles. The Bertz CT molecular complexity index is 945. The van der Waals surface area contributed by atoms with Crippen LogP contribution in [0.5, 0.6) is 0 Å². The first-order valence-electron chi connectivity index (χ1n) is 20.2. The number of carbonyl (C=O) groups is 1. The van der Waals surface area contributed by atoms with Crippen molar-refractivity contribution in [2.24, 2.45) is 46.3 Å². The summed E-state index contributed by atoms with van der Waals surface area (Å²) in [5, 5.41) is 0. The van der Waals surface area contributed by atoms with E-state index in [1.807, 2.05) is 0 Å². The number of ether oxygens (including phenoxy) is 1. The molecule has 0 unspecified atom stereocenters. The van der Waals surface area contributed by atoms with Crippen LogP contribution in [0.3, 0.4) is 0 Å². The molecule has 45 heavy (non-hydrogen) atoms. The van der Waals surface area contributed by atoms with Crippen LogP contribution in [0.2, 0.25) is 0 Å². The maximum Gasteiger partial charge on any atom is 0.306 e. The average Bonchev–Trinajstić information content (AvgIpc) is 3.37. The van der Waals surface area contributed by atoms with Crippen molar-refractivity contribution in [1.82, 2.24) is 0 Å². The second-order valence-corrected chi connectivity index (χ2v) is 17.3. The lowest BCUT2D eigenvalue weighted by Crippen LogP contribution is -2.51. The van der Waals surface area contributed by atoms with Gasteiger partial charge in [0.1, 0.15) is 6.10 Å². The number of unbranched alkanes of at least 4 members (excludes halogenated alkanes) is 9. The molecule has 4 rings (SSSR count). The number of allylic oxidation sites excluding steroid dienone is 3. The molecule has 0 spiro atoms. The minimum absolute atomic E-state index is 0.0526. The predicted octanol–water partition coefficient (Wildman–Crippen LogP) is 13.2. The van der Waals surface area contributed by atoms with Crippen LogP contribution in [0, 0.1) is 46.3 Å². The van der Waals surface area contributed by atoms with E-state index in [2.05, 4.69) is 59.8 Å². The summed E-state index contributed by atoms with van der Waals surface area (Å²) in [7, 11) is 0. The van der Waals surface area contributed by atoms with Gasteiger partial charge >= 0.3 is 5.97 Å². The summed E-state index contributed by atoms with van der Waals surface area (Å²) in [6.07, 6.45) is 36.5. The van der Waals surface area contributed by atoms with E-state index in [9.17, 15) is 4.79 Å². The van der Waals surface area contributed by atoms with Crippen molar-refractivity contribution < 1.29 is 9.53 Å². The number of hydrogen-bond acceptors (Lipinski definition) is 2. The molecule has 0 saturated heterocycles. The zero-order chi connectivity index (χ0) is 32.3. The first kappa shape index (κ1) is 36.8. The van der Waals surface area contributed by atoms with E-state index >= 15 is 0 Å². The summed E-state index contributed by atoms with van der Waals surface area (Å²) in [4.78, 5) is 12.8. The Morgan fingerprint density at radius 3 is 2.29 bits per heavy atom.